The van der Waals surface area contributed by atoms with Crippen LogP contribution in [0.3, 0.4) is 0 Å². The summed E-state index contributed by atoms with van der Waals surface area (Å²) in [7, 11) is 0.561. The zero-order valence-electron chi connectivity index (χ0n) is 11.2. The van der Waals surface area contributed by atoms with Gasteiger partial charge in [0.2, 0.25) is 0 Å². The highest BCUT2D eigenvalue weighted by atomic mass is 32.2. The molecule has 0 fully saturated rings. The van der Waals surface area contributed by atoms with Gasteiger partial charge in [-0.15, -0.1) is 0 Å². The Morgan fingerprint density at radius 3 is 2.47 bits per heavy atom. The maximum Gasteiger partial charge on any atom is 0.0701 e. The van der Waals surface area contributed by atoms with Gasteiger partial charge in [-0.25, -0.2) is 0 Å². The quantitative estimate of drug-likeness (QED) is 0.514. The second kappa shape index (κ2) is 9.91. The first-order valence-electron chi connectivity index (χ1n) is 6.12. The summed E-state index contributed by atoms with van der Waals surface area (Å²) in [5, 5.41) is 0. The first-order valence-corrected chi connectivity index (χ1v) is 7.44. The lowest BCUT2D eigenvalue weighted by molar-refractivity contribution is 0.0285. The van der Waals surface area contributed by atoms with Crippen LogP contribution in [0.15, 0.2) is 29.2 Å². The molecule has 0 bridgehead atoms. The summed E-state index contributed by atoms with van der Waals surface area (Å²) in [5.74, 6) is 0.460. The zero-order chi connectivity index (χ0) is 13.9. The van der Waals surface area contributed by atoms with Gasteiger partial charge < -0.3 is 19.9 Å². The van der Waals surface area contributed by atoms with Crippen molar-refractivity contribution in [1.82, 2.24) is 0 Å². The topological polar surface area (TPSA) is 70.8 Å². The van der Waals surface area contributed by atoms with Crippen molar-refractivity contribution in [3.05, 3.63) is 24.3 Å². The summed E-state index contributed by atoms with van der Waals surface area (Å²) in [6, 6.07) is 7.10. The van der Waals surface area contributed by atoms with Crippen LogP contribution in [0.5, 0.6) is 0 Å². The molecule has 108 valence electrons. The third-order valence-electron chi connectivity index (χ3n) is 2.34. The smallest absolute Gasteiger partial charge is 0.0701 e. The Hall–Kier alpha value is -0.950. The van der Waals surface area contributed by atoms with Crippen LogP contribution in [0.25, 0.3) is 0 Å². The molecule has 1 rings (SSSR count). The lowest BCUT2D eigenvalue weighted by Gasteiger charge is -2.06. The van der Waals surface area contributed by atoms with Crippen molar-refractivity contribution in [1.29, 1.82) is 0 Å². The molecule has 19 heavy (non-hydrogen) atoms. The van der Waals surface area contributed by atoms with Gasteiger partial charge in [-0.3, -0.25) is 4.21 Å². The molecule has 1 unspecified atom stereocenters. The SMILES string of the molecule is COCCOCCOCCS(=O)c1cccc(N)c1. The highest BCUT2D eigenvalue weighted by Crippen LogP contribution is 2.10. The average molecular weight is 287 g/mol. The first-order chi connectivity index (χ1) is 9.24. The Bertz CT molecular complexity index is 387. The molecule has 0 aromatic heterocycles. The third-order valence-corrected chi connectivity index (χ3v) is 3.66. The predicted molar refractivity (Wildman–Crippen MR) is 75.6 cm³/mol. The molecule has 1 atom stereocenters. The van der Waals surface area contributed by atoms with E-state index in [9.17, 15) is 4.21 Å². The van der Waals surface area contributed by atoms with Crippen LogP contribution in [0.2, 0.25) is 0 Å². The van der Waals surface area contributed by atoms with E-state index in [0.29, 0.717) is 44.5 Å². The second-order valence-corrected chi connectivity index (χ2v) is 5.41. The van der Waals surface area contributed by atoms with Gasteiger partial charge >= 0.3 is 0 Å². The van der Waals surface area contributed by atoms with Crippen LogP contribution in [0.1, 0.15) is 0 Å². The van der Waals surface area contributed by atoms with Crippen LogP contribution in [-0.2, 0) is 25.0 Å². The Morgan fingerprint density at radius 2 is 1.79 bits per heavy atom. The number of hydrogen-bond donors (Lipinski definition) is 1. The third kappa shape index (κ3) is 7.27. The van der Waals surface area contributed by atoms with Crippen molar-refractivity contribution < 1.29 is 18.4 Å². The number of hydrogen-bond acceptors (Lipinski definition) is 5. The standard InChI is InChI=1S/C13H21NO4S/c1-16-5-6-17-7-8-18-9-10-19(15)13-4-2-3-12(14)11-13/h2-4,11H,5-10,14H2,1H3. The Kier molecular flexibility index (Phi) is 8.40. The molecule has 5 nitrogen and oxygen atoms in total. The predicted octanol–water partition coefficient (Wildman–Crippen LogP) is 1.06. The molecule has 0 aliphatic heterocycles. The number of benzene rings is 1. The van der Waals surface area contributed by atoms with Crippen molar-refractivity contribution in [2.75, 3.05) is 51.6 Å². The van der Waals surface area contributed by atoms with Crippen LogP contribution in [0, 0.1) is 0 Å². The van der Waals surface area contributed by atoms with Crippen molar-refractivity contribution >= 4 is 16.5 Å². The molecule has 0 saturated carbocycles. The molecular weight excluding hydrogens is 266 g/mol. The van der Waals surface area contributed by atoms with E-state index in [2.05, 4.69) is 0 Å². The number of nitrogen functional groups attached to an aromatic ring is 1. The highest BCUT2D eigenvalue weighted by Gasteiger charge is 2.03. The minimum absolute atomic E-state index is 0.440. The number of nitrogens with two attached hydrogens (primary N) is 1. The number of ether oxygens (including phenoxy) is 3. The van der Waals surface area contributed by atoms with Gasteiger partial charge in [0, 0.05) is 17.7 Å². The summed E-state index contributed by atoms with van der Waals surface area (Å²) in [4.78, 5) is 0.736. The van der Waals surface area contributed by atoms with Crippen LogP contribution in [0.4, 0.5) is 5.69 Å². The van der Waals surface area contributed by atoms with Gasteiger partial charge in [0.15, 0.2) is 0 Å². The van der Waals surface area contributed by atoms with E-state index in [1.807, 2.05) is 0 Å². The summed E-state index contributed by atoms with van der Waals surface area (Å²) in [5.41, 5.74) is 6.26. The van der Waals surface area contributed by atoms with Crippen molar-refractivity contribution in [3.63, 3.8) is 0 Å². The Morgan fingerprint density at radius 1 is 1.11 bits per heavy atom. The monoisotopic (exact) mass is 287 g/mol. The van der Waals surface area contributed by atoms with E-state index in [-0.39, 0.29) is 0 Å². The largest absolute Gasteiger partial charge is 0.399 e. The Labute approximate surface area is 116 Å². The molecule has 1 aromatic rings. The first kappa shape index (κ1) is 16.1. The van der Waals surface area contributed by atoms with Crippen molar-refractivity contribution in [2.24, 2.45) is 0 Å². The van der Waals surface area contributed by atoms with E-state index in [1.54, 1.807) is 31.4 Å². The fourth-order valence-electron chi connectivity index (χ4n) is 1.37. The number of anilines is 1. The summed E-state index contributed by atoms with van der Waals surface area (Å²) in [6.07, 6.45) is 0. The van der Waals surface area contributed by atoms with Gasteiger partial charge in [-0.1, -0.05) is 6.07 Å². The fourth-order valence-corrected chi connectivity index (χ4v) is 2.38. The molecule has 0 spiro atoms. The number of rotatable bonds is 10. The minimum atomic E-state index is -1.07. The van der Waals surface area contributed by atoms with Gasteiger partial charge in [-0.2, -0.15) is 0 Å². The summed E-state index contributed by atoms with van der Waals surface area (Å²) in [6.45, 7) is 2.61. The molecule has 0 aliphatic carbocycles. The molecule has 0 aliphatic rings. The van der Waals surface area contributed by atoms with Gasteiger partial charge in [0.25, 0.3) is 0 Å². The molecule has 0 amide bonds. The zero-order valence-corrected chi connectivity index (χ0v) is 12.0. The molecule has 0 saturated heterocycles. The summed E-state index contributed by atoms with van der Waals surface area (Å²) >= 11 is 0. The van der Waals surface area contributed by atoms with Gasteiger partial charge in [-0.05, 0) is 18.2 Å². The van der Waals surface area contributed by atoms with E-state index in [4.69, 9.17) is 19.9 Å². The van der Waals surface area contributed by atoms with E-state index >= 15 is 0 Å². The normalized spacial score (nSPS) is 12.5. The molecule has 0 radical (unpaired) electrons. The number of methoxy groups -OCH3 is 1. The van der Waals surface area contributed by atoms with Gasteiger partial charge in [0.05, 0.1) is 49.6 Å². The van der Waals surface area contributed by atoms with Gasteiger partial charge in [0.1, 0.15) is 0 Å². The Balaban J connectivity index is 2.08. The van der Waals surface area contributed by atoms with E-state index < -0.39 is 10.8 Å². The maximum absolute atomic E-state index is 11.9. The second-order valence-electron chi connectivity index (χ2n) is 3.84. The molecule has 2 N–H and O–H groups in total. The van der Waals surface area contributed by atoms with E-state index in [0.717, 1.165) is 4.90 Å². The average Bonchev–Trinajstić information content (AvgIpc) is 2.41. The van der Waals surface area contributed by atoms with Crippen molar-refractivity contribution in [3.8, 4) is 0 Å². The lowest BCUT2D eigenvalue weighted by atomic mass is 10.3. The molecular formula is C13H21NO4S. The summed E-state index contributed by atoms with van der Waals surface area (Å²) < 4.78 is 27.3. The van der Waals surface area contributed by atoms with Crippen LogP contribution in [-0.4, -0.2) is 50.1 Å². The lowest BCUT2D eigenvalue weighted by Crippen LogP contribution is -2.12. The van der Waals surface area contributed by atoms with Crippen molar-refractivity contribution in [2.45, 2.75) is 4.90 Å². The molecule has 1 aromatic carbocycles. The maximum atomic E-state index is 11.9. The minimum Gasteiger partial charge on any atom is -0.399 e. The van der Waals surface area contributed by atoms with Crippen LogP contribution < -0.4 is 5.73 Å². The molecule has 6 heteroatoms. The highest BCUT2D eigenvalue weighted by molar-refractivity contribution is 7.85. The molecule has 0 heterocycles. The fraction of sp³-hybridized carbons (Fsp3) is 0.538. The van der Waals surface area contributed by atoms with Crippen LogP contribution >= 0.6 is 0 Å². The van der Waals surface area contributed by atoms with E-state index in [1.165, 1.54) is 0 Å².